The summed E-state index contributed by atoms with van der Waals surface area (Å²) >= 11 is 3.66. The van der Waals surface area contributed by atoms with Gasteiger partial charge in [0.05, 0.1) is 0 Å². The van der Waals surface area contributed by atoms with Gasteiger partial charge < -0.3 is 0 Å². The van der Waals surface area contributed by atoms with E-state index in [0.29, 0.717) is 5.41 Å². The Hall–Kier alpha value is 0.480. The number of hydrogen-bond acceptors (Lipinski definition) is 0. The van der Waals surface area contributed by atoms with Gasteiger partial charge in [-0.15, -0.1) is 0 Å². The highest BCUT2D eigenvalue weighted by molar-refractivity contribution is 9.09. The summed E-state index contributed by atoms with van der Waals surface area (Å²) in [5.41, 5.74) is 0.463. The second-order valence-corrected chi connectivity index (χ2v) is 7.13. The van der Waals surface area contributed by atoms with Gasteiger partial charge in [-0.1, -0.05) is 95.0 Å². The molecular weight excluding hydrogens is 272 g/mol. The van der Waals surface area contributed by atoms with E-state index >= 15 is 0 Å². The van der Waals surface area contributed by atoms with E-state index < -0.39 is 0 Å². The van der Waals surface area contributed by atoms with E-state index in [9.17, 15) is 0 Å². The molecule has 0 aliphatic rings. The van der Waals surface area contributed by atoms with E-state index in [2.05, 4.69) is 43.6 Å². The fourth-order valence-electron chi connectivity index (χ4n) is 2.27. The molecule has 0 fully saturated rings. The molecule has 0 spiro atoms. The average Bonchev–Trinajstić information content (AvgIpc) is 2.25. The number of halogens is 1. The molecule has 0 aromatic carbocycles. The average molecular weight is 305 g/mol. The van der Waals surface area contributed by atoms with Gasteiger partial charge in [-0.25, -0.2) is 0 Å². The van der Waals surface area contributed by atoms with E-state index in [1.54, 1.807) is 0 Å². The van der Waals surface area contributed by atoms with Gasteiger partial charge in [0, 0.05) is 5.33 Å². The topological polar surface area (TPSA) is 0 Å². The molecule has 0 heterocycles. The van der Waals surface area contributed by atoms with E-state index in [-0.39, 0.29) is 0 Å². The van der Waals surface area contributed by atoms with E-state index in [4.69, 9.17) is 0 Å². The van der Waals surface area contributed by atoms with Crippen LogP contribution in [0.4, 0.5) is 0 Å². The van der Waals surface area contributed by atoms with Crippen LogP contribution in [0.5, 0.6) is 0 Å². The molecule has 0 saturated carbocycles. The standard InChI is InChI=1S/C16H33Br/c1-5-6-7-8-9-10-11-12-13-15(14-17)16(2,3)4/h15H,5-14H2,1-4H3. The Morgan fingerprint density at radius 2 is 1.29 bits per heavy atom. The highest BCUT2D eigenvalue weighted by Gasteiger charge is 2.22. The highest BCUT2D eigenvalue weighted by atomic mass is 79.9. The Balaban J connectivity index is 3.38. The molecule has 1 heteroatoms. The van der Waals surface area contributed by atoms with Crippen molar-refractivity contribution in [3.05, 3.63) is 0 Å². The van der Waals surface area contributed by atoms with Crippen LogP contribution in [0.25, 0.3) is 0 Å². The second kappa shape index (κ2) is 10.4. The van der Waals surface area contributed by atoms with Crippen molar-refractivity contribution in [2.75, 3.05) is 5.33 Å². The first kappa shape index (κ1) is 17.5. The lowest BCUT2D eigenvalue weighted by Gasteiger charge is -2.29. The number of rotatable bonds is 10. The zero-order valence-electron chi connectivity index (χ0n) is 12.5. The monoisotopic (exact) mass is 304 g/mol. The van der Waals surface area contributed by atoms with E-state index in [1.165, 1.54) is 57.8 Å². The molecule has 0 saturated heterocycles. The van der Waals surface area contributed by atoms with Crippen LogP contribution in [0.3, 0.4) is 0 Å². The predicted molar refractivity (Wildman–Crippen MR) is 84.0 cm³/mol. The Morgan fingerprint density at radius 1 is 0.824 bits per heavy atom. The maximum absolute atomic E-state index is 3.66. The van der Waals surface area contributed by atoms with Crippen LogP contribution in [0.1, 0.15) is 85.5 Å². The minimum atomic E-state index is 0.463. The van der Waals surface area contributed by atoms with Crippen molar-refractivity contribution >= 4 is 15.9 Å². The molecule has 0 aliphatic carbocycles. The molecule has 0 radical (unpaired) electrons. The van der Waals surface area contributed by atoms with Crippen LogP contribution >= 0.6 is 15.9 Å². The molecule has 0 N–H and O–H groups in total. The maximum Gasteiger partial charge on any atom is 0.00646 e. The summed E-state index contributed by atoms with van der Waals surface area (Å²) in [6, 6.07) is 0. The minimum absolute atomic E-state index is 0.463. The maximum atomic E-state index is 3.66. The number of alkyl halides is 1. The fourth-order valence-corrected chi connectivity index (χ4v) is 3.56. The Labute approximate surface area is 118 Å². The smallest absolute Gasteiger partial charge is 0.00646 e. The summed E-state index contributed by atoms with van der Waals surface area (Å²) < 4.78 is 0. The number of unbranched alkanes of at least 4 members (excludes halogenated alkanes) is 7. The predicted octanol–water partition coefficient (Wildman–Crippen LogP) is 6.57. The van der Waals surface area contributed by atoms with Crippen molar-refractivity contribution in [1.82, 2.24) is 0 Å². The zero-order chi connectivity index (χ0) is 13.1. The van der Waals surface area contributed by atoms with E-state index in [1.807, 2.05) is 0 Å². The summed E-state index contributed by atoms with van der Waals surface area (Å²) in [7, 11) is 0. The Kier molecular flexibility index (Phi) is 10.7. The third kappa shape index (κ3) is 10.1. The molecule has 0 aromatic heterocycles. The van der Waals surface area contributed by atoms with Gasteiger partial charge in [0.15, 0.2) is 0 Å². The van der Waals surface area contributed by atoms with Crippen LogP contribution in [0.2, 0.25) is 0 Å². The summed E-state index contributed by atoms with van der Waals surface area (Å²) in [5.74, 6) is 0.836. The van der Waals surface area contributed by atoms with Crippen molar-refractivity contribution in [3.63, 3.8) is 0 Å². The van der Waals surface area contributed by atoms with Crippen LogP contribution in [0.15, 0.2) is 0 Å². The second-order valence-electron chi connectivity index (χ2n) is 6.48. The van der Waals surface area contributed by atoms with Gasteiger partial charge in [-0.3, -0.25) is 0 Å². The molecule has 0 amide bonds. The van der Waals surface area contributed by atoms with Gasteiger partial charge in [0.25, 0.3) is 0 Å². The first-order valence-electron chi connectivity index (χ1n) is 7.58. The first-order valence-corrected chi connectivity index (χ1v) is 8.70. The summed E-state index contributed by atoms with van der Waals surface area (Å²) in [5, 5.41) is 1.16. The normalized spacial score (nSPS) is 13.9. The summed E-state index contributed by atoms with van der Waals surface area (Å²) in [4.78, 5) is 0. The minimum Gasteiger partial charge on any atom is -0.0925 e. The molecule has 1 unspecified atom stereocenters. The lowest BCUT2D eigenvalue weighted by atomic mass is 9.79. The quantitative estimate of drug-likeness (QED) is 0.316. The van der Waals surface area contributed by atoms with Crippen molar-refractivity contribution in [1.29, 1.82) is 0 Å². The molecule has 0 aliphatic heterocycles. The van der Waals surface area contributed by atoms with Crippen LogP contribution < -0.4 is 0 Å². The number of hydrogen-bond donors (Lipinski definition) is 0. The molecular formula is C16H33Br. The van der Waals surface area contributed by atoms with Crippen molar-refractivity contribution < 1.29 is 0 Å². The molecule has 0 aromatic rings. The van der Waals surface area contributed by atoms with Gasteiger partial charge in [0.2, 0.25) is 0 Å². The molecule has 0 rings (SSSR count). The Bertz CT molecular complexity index is 157. The lowest BCUT2D eigenvalue weighted by molar-refractivity contribution is 0.247. The summed E-state index contributed by atoms with van der Waals surface area (Å²) in [6.45, 7) is 9.38. The zero-order valence-corrected chi connectivity index (χ0v) is 14.1. The van der Waals surface area contributed by atoms with Crippen molar-refractivity contribution in [2.45, 2.75) is 85.5 Å². The van der Waals surface area contributed by atoms with Gasteiger partial charge in [-0.05, 0) is 17.8 Å². The Morgan fingerprint density at radius 3 is 1.71 bits per heavy atom. The van der Waals surface area contributed by atoms with Gasteiger partial charge >= 0.3 is 0 Å². The molecule has 104 valence electrons. The third-order valence-electron chi connectivity index (χ3n) is 3.82. The van der Waals surface area contributed by atoms with Crippen LogP contribution in [0, 0.1) is 11.3 Å². The van der Waals surface area contributed by atoms with E-state index in [0.717, 1.165) is 11.2 Å². The highest BCUT2D eigenvalue weighted by Crippen LogP contribution is 2.31. The van der Waals surface area contributed by atoms with Crippen molar-refractivity contribution in [2.24, 2.45) is 11.3 Å². The van der Waals surface area contributed by atoms with Gasteiger partial charge in [-0.2, -0.15) is 0 Å². The SMILES string of the molecule is CCCCCCCCCCC(CBr)C(C)(C)C. The van der Waals surface area contributed by atoms with Crippen LogP contribution in [-0.4, -0.2) is 5.33 Å². The van der Waals surface area contributed by atoms with Crippen LogP contribution in [-0.2, 0) is 0 Å². The fraction of sp³-hybridized carbons (Fsp3) is 1.00. The van der Waals surface area contributed by atoms with Gasteiger partial charge in [0.1, 0.15) is 0 Å². The molecule has 17 heavy (non-hydrogen) atoms. The lowest BCUT2D eigenvalue weighted by Crippen LogP contribution is -2.21. The summed E-state index contributed by atoms with van der Waals surface area (Å²) in [6.07, 6.45) is 12.8. The third-order valence-corrected chi connectivity index (χ3v) is 4.60. The first-order chi connectivity index (χ1) is 8.02. The largest absolute Gasteiger partial charge is 0.0925 e. The molecule has 1 atom stereocenters. The van der Waals surface area contributed by atoms with Crippen molar-refractivity contribution in [3.8, 4) is 0 Å². The molecule has 0 nitrogen and oxygen atoms in total. The molecule has 0 bridgehead atoms.